The first kappa shape index (κ1) is 13.7. The van der Waals surface area contributed by atoms with Crippen molar-refractivity contribution in [3.05, 3.63) is 28.8 Å². The van der Waals surface area contributed by atoms with E-state index in [-0.39, 0.29) is 11.5 Å². The molecular formula is C15H22ClNO. The second-order valence-electron chi connectivity index (χ2n) is 5.58. The van der Waals surface area contributed by atoms with E-state index < -0.39 is 0 Å². The van der Waals surface area contributed by atoms with Crippen LogP contribution in [0.3, 0.4) is 0 Å². The minimum atomic E-state index is -0.00792. The zero-order valence-corrected chi connectivity index (χ0v) is 12.0. The van der Waals surface area contributed by atoms with Crippen LogP contribution in [0.2, 0.25) is 5.02 Å². The zero-order valence-electron chi connectivity index (χ0n) is 11.2. The molecule has 1 fully saturated rings. The highest BCUT2D eigenvalue weighted by Crippen LogP contribution is 2.46. The van der Waals surface area contributed by atoms with Crippen LogP contribution in [0.15, 0.2) is 18.2 Å². The van der Waals surface area contributed by atoms with Gasteiger partial charge in [0.25, 0.3) is 0 Å². The third-order valence-corrected chi connectivity index (χ3v) is 4.51. The van der Waals surface area contributed by atoms with Crippen molar-refractivity contribution in [1.82, 2.24) is 0 Å². The minimum Gasteiger partial charge on any atom is -0.496 e. The van der Waals surface area contributed by atoms with Crippen molar-refractivity contribution in [2.24, 2.45) is 11.1 Å². The van der Waals surface area contributed by atoms with Gasteiger partial charge in [0.1, 0.15) is 5.75 Å². The SMILES string of the molecule is COc1ccc(Cl)cc1C(N)C1(C)CCCCC1. The molecule has 0 spiro atoms. The van der Waals surface area contributed by atoms with Gasteiger partial charge in [0.05, 0.1) is 7.11 Å². The Bertz CT molecular complexity index is 413. The summed E-state index contributed by atoms with van der Waals surface area (Å²) >= 11 is 6.09. The fraction of sp³-hybridized carbons (Fsp3) is 0.600. The molecule has 1 saturated carbocycles. The first-order valence-corrected chi connectivity index (χ1v) is 7.04. The summed E-state index contributed by atoms with van der Waals surface area (Å²) in [7, 11) is 1.68. The quantitative estimate of drug-likeness (QED) is 0.885. The molecule has 0 aliphatic heterocycles. The van der Waals surface area contributed by atoms with Gasteiger partial charge in [0.15, 0.2) is 0 Å². The monoisotopic (exact) mass is 267 g/mol. The third kappa shape index (κ3) is 2.65. The van der Waals surface area contributed by atoms with Crippen LogP contribution >= 0.6 is 11.6 Å². The zero-order chi connectivity index (χ0) is 13.2. The molecule has 1 aromatic rings. The Labute approximate surface area is 114 Å². The third-order valence-electron chi connectivity index (χ3n) is 4.27. The van der Waals surface area contributed by atoms with Crippen LogP contribution in [0.25, 0.3) is 0 Å². The molecule has 0 saturated heterocycles. The first-order valence-electron chi connectivity index (χ1n) is 6.66. The van der Waals surface area contributed by atoms with Crippen LogP contribution in [0.4, 0.5) is 0 Å². The predicted octanol–water partition coefficient (Wildman–Crippen LogP) is 4.32. The molecule has 0 amide bonds. The smallest absolute Gasteiger partial charge is 0.123 e. The summed E-state index contributed by atoms with van der Waals surface area (Å²) in [5.41, 5.74) is 7.71. The van der Waals surface area contributed by atoms with E-state index in [1.807, 2.05) is 18.2 Å². The normalized spacial score (nSPS) is 20.4. The molecule has 0 bridgehead atoms. The Balaban J connectivity index is 2.32. The van der Waals surface area contributed by atoms with Gasteiger partial charge in [-0.25, -0.2) is 0 Å². The summed E-state index contributed by atoms with van der Waals surface area (Å²) < 4.78 is 5.42. The maximum atomic E-state index is 6.51. The van der Waals surface area contributed by atoms with Crippen molar-refractivity contribution in [2.75, 3.05) is 7.11 Å². The van der Waals surface area contributed by atoms with E-state index in [4.69, 9.17) is 22.1 Å². The molecule has 18 heavy (non-hydrogen) atoms. The van der Waals surface area contributed by atoms with Gasteiger partial charge < -0.3 is 10.5 Å². The molecule has 1 unspecified atom stereocenters. The van der Waals surface area contributed by atoms with E-state index >= 15 is 0 Å². The second kappa shape index (κ2) is 5.50. The Morgan fingerprint density at radius 2 is 1.94 bits per heavy atom. The Kier molecular flexibility index (Phi) is 4.18. The highest BCUT2D eigenvalue weighted by atomic mass is 35.5. The molecule has 0 radical (unpaired) electrons. The lowest BCUT2D eigenvalue weighted by Gasteiger charge is -2.39. The molecule has 0 aromatic heterocycles. The molecule has 2 nitrogen and oxygen atoms in total. The van der Waals surface area contributed by atoms with Gasteiger partial charge in [0, 0.05) is 16.6 Å². The van der Waals surface area contributed by atoms with E-state index in [0.717, 1.165) is 16.3 Å². The van der Waals surface area contributed by atoms with Crippen LogP contribution in [0.5, 0.6) is 5.75 Å². The number of benzene rings is 1. The summed E-state index contributed by atoms with van der Waals surface area (Å²) in [5, 5.41) is 0.723. The number of halogens is 1. The van der Waals surface area contributed by atoms with E-state index in [0.29, 0.717) is 0 Å². The van der Waals surface area contributed by atoms with Crippen molar-refractivity contribution in [3.63, 3.8) is 0 Å². The van der Waals surface area contributed by atoms with Crippen LogP contribution < -0.4 is 10.5 Å². The van der Waals surface area contributed by atoms with Crippen molar-refractivity contribution in [1.29, 1.82) is 0 Å². The van der Waals surface area contributed by atoms with Gasteiger partial charge in [-0.05, 0) is 36.5 Å². The molecule has 3 heteroatoms. The first-order chi connectivity index (χ1) is 8.57. The molecule has 0 heterocycles. The number of ether oxygens (including phenoxy) is 1. The van der Waals surface area contributed by atoms with E-state index in [9.17, 15) is 0 Å². The summed E-state index contributed by atoms with van der Waals surface area (Å²) in [5.74, 6) is 0.846. The average Bonchev–Trinajstić information content (AvgIpc) is 2.38. The number of nitrogens with two attached hydrogens (primary N) is 1. The fourth-order valence-corrected chi connectivity index (χ4v) is 3.17. The van der Waals surface area contributed by atoms with Gasteiger partial charge in [-0.15, -0.1) is 0 Å². The topological polar surface area (TPSA) is 35.2 Å². The van der Waals surface area contributed by atoms with Crippen LogP contribution in [-0.4, -0.2) is 7.11 Å². The predicted molar refractivity (Wildman–Crippen MR) is 76.1 cm³/mol. The van der Waals surface area contributed by atoms with E-state index in [2.05, 4.69) is 6.92 Å². The summed E-state index contributed by atoms with van der Waals surface area (Å²) in [6.07, 6.45) is 6.24. The number of hydrogen-bond donors (Lipinski definition) is 1. The maximum absolute atomic E-state index is 6.51. The van der Waals surface area contributed by atoms with Crippen molar-refractivity contribution in [2.45, 2.75) is 45.1 Å². The van der Waals surface area contributed by atoms with Crippen LogP contribution in [-0.2, 0) is 0 Å². The minimum absolute atomic E-state index is 0.00792. The van der Waals surface area contributed by atoms with E-state index in [1.165, 1.54) is 32.1 Å². The number of rotatable bonds is 3. The second-order valence-corrected chi connectivity index (χ2v) is 6.02. The highest BCUT2D eigenvalue weighted by molar-refractivity contribution is 6.30. The van der Waals surface area contributed by atoms with Crippen molar-refractivity contribution >= 4 is 11.6 Å². The largest absolute Gasteiger partial charge is 0.496 e. The van der Waals surface area contributed by atoms with Crippen LogP contribution in [0.1, 0.15) is 50.6 Å². The van der Waals surface area contributed by atoms with Crippen LogP contribution in [0, 0.1) is 5.41 Å². The molecule has 2 N–H and O–H groups in total. The standard InChI is InChI=1S/C15H22ClNO/c1-15(8-4-3-5-9-15)14(17)12-10-11(16)6-7-13(12)18-2/h6-7,10,14H,3-5,8-9,17H2,1-2H3. The molecule has 2 rings (SSSR count). The molecular weight excluding hydrogens is 246 g/mol. The van der Waals surface area contributed by atoms with Crippen molar-refractivity contribution < 1.29 is 4.74 Å². The lowest BCUT2D eigenvalue weighted by Crippen LogP contribution is -2.34. The van der Waals surface area contributed by atoms with Crippen molar-refractivity contribution in [3.8, 4) is 5.75 Å². The molecule has 1 aliphatic carbocycles. The van der Waals surface area contributed by atoms with E-state index in [1.54, 1.807) is 7.11 Å². The Hall–Kier alpha value is -0.730. The average molecular weight is 268 g/mol. The summed E-state index contributed by atoms with van der Waals surface area (Å²) in [6, 6.07) is 5.69. The molecule has 100 valence electrons. The summed E-state index contributed by atoms with van der Waals surface area (Å²) in [6.45, 7) is 2.29. The fourth-order valence-electron chi connectivity index (χ4n) is 2.99. The number of methoxy groups -OCH3 is 1. The number of hydrogen-bond acceptors (Lipinski definition) is 2. The Morgan fingerprint density at radius 1 is 1.28 bits per heavy atom. The van der Waals surface area contributed by atoms with Gasteiger partial charge in [-0.2, -0.15) is 0 Å². The van der Waals surface area contributed by atoms with Gasteiger partial charge >= 0.3 is 0 Å². The lowest BCUT2D eigenvalue weighted by molar-refractivity contribution is 0.168. The Morgan fingerprint density at radius 3 is 2.56 bits per heavy atom. The maximum Gasteiger partial charge on any atom is 0.123 e. The molecule has 1 aliphatic rings. The highest BCUT2D eigenvalue weighted by Gasteiger charge is 2.35. The molecule has 1 atom stereocenters. The lowest BCUT2D eigenvalue weighted by atomic mass is 9.69. The van der Waals surface area contributed by atoms with Gasteiger partial charge in [0.2, 0.25) is 0 Å². The van der Waals surface area contributed by atoms with Gasteiger partial charge in [-0.3, -0.25) is 0 Å². The van der Waals surface area contributed by atoms with Gasteiger partial charge in [-0.1, -0.05) is 37.8 Å². The summed E-state index contributed by atoms with van der Waals surface area (Å²) in [4.78, 5) is 0. The molecule has 1 aromatic carbocycles.